The van der Waals surface area contributed by atoms with E-state index in [4.69, 9.17) is 0 Å². The van der Waals surface area contributed by atoms with Crippen molar-refractivity contribution < 1.29 is 4.79 Å². The number of amides is 1. The fraction of sp³-hybridized carbons (Fsp3) is 0.375. The van der Waals surface area contributed by atoms with E-state index < -0.39 is 5.25 Å². The Bertz CT molecular complexity index is 1040. The van der Waals surface area contributed by atoms with E-state index in [1.165, 1.54) is 30.2 Å². The van der Waals surface area contributed by atoms with Crippen molar-refractivity contribution in [1.29, 1.82) is 0 Å². The third-order valence-corrected chi connectivity index (χ3v) is 7.04. The average Bonchev–Trinajstić information content (AvgIpc) is 3.31. The first-order chi connectivity index (χ1) is 15.2. The fourth-order valence-electron chi connectivity index (χ4n) is 3.99. The molecule has 1 amide bonds. The summed E-state index contributed by atoms with van der Waals surface area (Å²) in [6, 6.07) is 18.3. The van der Waals surface area contributed by atoms with Gasteiger partial charge in [0, 0.05) is 24.8 Å². The molecular formula is C24H27N5OS. The molecule has 2 heterocycles. The number of benzene rings is 2. The first kappa shape index (κ1) is 20.1. The van der Waals surface area contributed by atoms with Crippen LogP contribution < -0.4 is 10.2 Å². The van der Waals surface area contributed by atoms with Crippen LogP contribution in [-0.2, 0) is 4.79 Å². The lowest BCUT2D eigenvalue weighted by Crippen LogP contribution is -2.22. The van der Waals surface area contributed by atoms with E-state index in [0.717, 1.165) is 48.3 Å². The zero-order chi connectivity index (χ0) is 21.2. The average molecular weight is 434 g/mol. The van der Waals surface area contributed by atoms with Crippen LogP contribution in [0.2, 0.25) is 0 Å². The lowest BCUT2D eigenvalue weighted by atomic mass is 10.1. The van der Waals surface area contributed by atoms with E-state index in [1.807, 2.05) is 61.5 Å². The topological polar surface area (TPSA) is 63.1 Å². The molecule has 1 atom stereocenters. The molecule has 2 fully saturated rings. The molecular weight excluding hydrogens is 406 g/mol. The minimum Gasteiger partial charge on any atom is -0.341 e. The Morgan fingerprint density at radius 3 is 2.42 bits per heavy atom. The molecule has 1 aromatic heterocycles. The highest BCUT2D eigenvalue weighted by atomic mass is 32.2. The molecule has 1 saturated heterocycles. The Labute approximate surface area is 187 Å². The number of anilines is 2. The van der Waals surface area contributed by atoms with Gasteiger partial charge in [-0.3, -0.25) is 9.36 Å². The van der Waals surface area contributed by atoms with E-state index in [-0.39, 0.29) is 5.91 Å². The maximum absolute atomic E-state index is 13.4. The summed E-state index contributed by atoms with van der Waals surface area (Å²) in [7, 11) is 0. The van der Waals surface area contributed by atoms with Crippen molar-refractivity contribution in [2.45, 2.75) is 49.1 Å². The number of nitrogens with zero attached hydrogens (tertiary/aromatic N) is 4. The van der Waals surface area contributed by atoms with Crippen molar-refractivity contribution >= 4 is 29.3 Å². The molecule has 3 aromatic rings. The standard InChI is InChI=1S/C24H27N5OS/c1-17-9-11-19(12-10-17)25-22(30)21(18-7-3-2-4-8-18)31-24-27-26-23(28-15-5-6-16-28)29(24)20-13-14-20/h2-4,7-12,20-21H,5-6,13-16H2,1H3,(H,25,30). The van der Waals surface area contributed by atoms with Crippen LogP contribution in [0, 0.1) is 6.92 Å². The Hall–Kier alpha value is -2.80. The van der Waals surface area contributed by atoms with Gasteiger partial charge in [-0.1, -0.05) is 59.8 Å². The van der Waals surface area contributed by atoms with Gasteiger partial charge >= 0.3 is 0 Å². The van der Waals surface area contributed by atoms with E-state index in [9.17, 15) is 4.79 Å². The first-order valence-corrected chi connectivity index (χ1v) is 11.9. The molecule has 6 nitrogen and oxygen atoms in total. The second-order valence-electron chi connectivity index (χ2n) is 8.34. The molecule has 160 valence electrons. The van der Waals surface area contributed by atoms with Gasteiger partial charge in [-0.25, -0.2) is 0 Å². The summed E-state index contributed by atoms with van der Waals surface area (Å²) < 4.78 is 2.27. The minimum absolute atomic E-state index is 0.0480. The lowest BCUT2D eigenvalue weighted by Gasteiger charge is -2.20. The highest BCUT2D eigenvalue weighted by molar-refractivity contribution is 8.00. The van der Waals surface area contributed by atoms with Gasteiger partial charge in [0.15, 0.2) is 5.16 Å². The van der Waals surface area contributed by atoms with Crippen molar-refractivity contribution in [2.24, 2.45) is 0 Å². The van der Waals surface area contributed by atoms with Crippen LogP contribution in [0.1, 0.15) is 48.1 Å². The minimum atomic E-state index is -0.407. The van der Waals surface area contributed by atoms with Crippen molar-refractivity contribution in [3.63, 3.8) is 0 Å². The van der Waals surface area contributed by atoms with E-state index in [1.54, 1.807) is 0 Å². The summed E-state index contributed by atoms with van der Waals surface area (Å²) in [6.45, 7) is 4.11. The van der Waals surface area contributed by atoms with Gasteiger partial charge in [0.25, 0.3) is 0 Å². The Morgan fingerprint density at radius 1 is 1.03 bits per heavy atom. The number of hydrogen-bond acceptors (Lipinski definition) is 5. The summed E-state index contributed by atoms with van der Waals surface area (Å²) in [4.78, 5) is 15.7. The highest BCUT2D eigenvalue weighted by Crippen LogP contribution is 2.44. The number of aromatic nitrogens is 3. The summed E-state index contributed by atoms with van der Waals surface area (Å²) >= 11 is 1.50. The van der Waals surface area contributed by atoms with Crippen LogP contribution >= 0.6 is 11.8 Å². The summed E-state index contributed by atoms with van der Waals surface area (Å²) in [5.41, 5.74) is 2.93. The monoisotopic (exact) mass is 433 g/mol. The second kappa shape index (κ2) is 8.75. The summed E-state index contributed by atoms with van der Waals surface area (Å²) in [5, 5.41) is 12.6. The molecule has 2 aliphatic rings. The van der Waals surface area contributed by atoms with Crippen molar-refractivity contribution in [2.75, 3.05) is 23.3 Å². The number of aryl methyl sites for hydroxylation is 1. The molecule has 5 rings (SSSR count). The number of carbonyl (C=O) groups excluding carboxylic acids is 1. The molecule has 0 radical (unpaired) electrons. The van der Waals surface area contributed by atoms with Crippen LogP contribution in [0.25, 0.3) is 0 Å². The Kier molecular flexibility index (Phi) is 5.68. The highest BCUT2D eigenvalue weighted by Gasteiger charge is 2.34. The van der Waals surface area contributed by atoms with Gasteiger partial charge in [0.2, 0.25) is 11.9 Å². The summed E-state index contributed by atoms with van der Waals surface area (Å²) in [6.07, 6.45) is 4.70. The molecule has 1 unspecified atom stereocenters. The first-order valence-electron chi connectivity index (χ1n) is 11.0. The van der Waals surface area contributed by atoms with Crippen molar-refractivity contribution in [1.82, 2.24) is 14.8 Å². The zero-order valence-electron chi connectivity index (χ0n) is 17.7. The lowest BCUT2D eigenvalue weighted by molar-refractivity contribution is -0.115. The van der Waals surface area contributed by atoms with Gasteiger partial charge in [0.05, 0.1) is 0 Å². The maximum Gasteiger partial charge on any atom is 0.242 e. The fourth-order valence-corrected chi connectivity index (χ4v) is 5.09. The van der Waals surface area contributed by atoms with Gasteiger partial charge in [-0.15, -0.1) is 10.2 Å². The quantitative estimate of drug-likeness (QED) is 0.532. The number of rotatable bonds is 7. The van der Waals surface area contributed by atoms with Crippen LogP contribution in [0.4, 0.5) is 11.6 Å². The van der Waals surface area contributed by atoms with E-state index in [0.29, 0.717) is 6.04 Å². The Morgan fingerprint density at radius 2 is 1.74 bits per heavy atom. The van der Waals surface area contributed by atoms with Crippen LogP contribution in [0.5, 0.6) is 0 Å². The number of thioether (sulfide) groups is 1. The van der Waals surface area contributed by atoms with E-state index in [2.05, 4.69) is 25.0 Å². The number of carbonyl (C=O) groups is 1. The van der Waals surface area contributed by atoms with Crippen molar-refractivity contribution in [3.8, 4) is 0 Å². The molecule has 1 aliphatic heterocycles. The molecule has 31 heavy (non-hydrogen) atoms. The molecule has 1 saturated carbocycles. The van der Waals surface area contributed by atoms with Gasteiger partial charge < -0.3 is 10.2 Å². The largest absolute Gasteiger partial charge is 0.341 e. The molecule has 1 aliphatic carbocycles. The molecule has 1 N–H and O–H groups in total. The third-order valence-electron chi connectivity index (χ3n) is 5.83. The normalized spacial score (nSPS) is 17.0. The predicted molar refractivity (Wildman–Crippen MR) is 125 cm³/mol. The van der Waals surface area contributed by atoms with E-state index >= 15 is 0 Å². The van der Waals surface area contributed by atoms with Crippen LogP contribution in [0.15, 0.2) is 59.8 Å². The molecule has 2 aromatic carbocycles. The van der Waals surface area contributed by atoms with Crippen LogP contribution in [-0.4, -0.2) is 33.8 Å². The molecule has 7 heteroatoms. The number of hydrogen-bond donors (Lipinski definition) is 1. The molecule has 0 bridgehead atoms. The number of nitrogens with one attached hydrogen (secondary N) is 1. The summed E-state index contributed by atoms with van der Waals surface area (Å²) in [5.74, 6) is 0.918. The van der Waals surface area contributed by atoms with Crippen LogP contribution in [0.3, 0.4) is 0 Å². The predicted octanol–water partition coefficient (Wildman–Crippen LogP) is 4.99. The molecule has 0 spiro atoms. The zero-order valence-corrected chi connectivity index (χ0v) is 18.5. The Balaban J connectivity index is 1.44. The van der Waals surface area contributed by atoms with Gasteiger partial charge in [-0.2, -0.15) is 0 Å². The third kappa shape index (κ3) is 4.46. The second-order valence-corrected chi connectivity index (χ2v) is 9.41. The maximum atomic E-state index is 13.4. The SMILES string of the molecule is Cc1ccc(NC(=O)C(Sc2nnc(N3CCCC3)n2C2CC2)c2ccccc2)cc1. The van der Waals surface area contributed by atoms with Gasteiger partial charge in [-0.05, 0) is 50.3 Å². The van der Waals surface area contributed by atoms with Crippen molar-refractivity contribution in [3.05, 3.63) is 65.7 Å². The smallest absolute Gasteiger partial charge is 0.242 e. The van der Waals surface area contributed by atoms with Gasteiger partial charge in [0.1, 0.15) is 5.25 Å².